The first-order valence-corrected chi connectivity index (χ1v) is 6.42. The number of carbonyl (C=O) groups excluding carboxylic acids is 1. The second kappa shape index (κ2) is 6.76. The number of carbonyl (C=O) groups is 1. The maximum Gasteiger partial charge on any atom is 0.242 e. The molecule has 1 amide bonds. The molecule has 0 saturated carbocycles. The van der Waals surface area contributed by atoms with Crippen LogP contribution in [0.5, 0.6) is 0 Å². The quantitative estimate of drug-likeness (QED) is 0.779. The molecule has 1 aromatic heterocycles. The smallest absolute Gasteiger partial charge is 0.242 e. The monoisotopic (exact) mass is 275 g/mol. The third kappa shape index (κ3) is 3.61. The molecule has 0 aliphatic rings. The Labute approximate surface area is 116 Å². The number of aliphatic hydroxyl groups excluding tert-OH is 1. The van der Waals surface area contributed by atoms with Crippen LogP contribution in [0.2, 0.25) is 0 Å². The van der Waals surface area contributed by atoms with Gasteiger partial charge in [-0.25, -0.2) is 4.68 Å². The van der Waals surface area contributed by atoms with Crippen molar-refractivity contribution in [2.24, 2.45) is 0 Å². The molecule has 0 bridgehead atoms. The van der Waals surface area contributed by atoms with Crippen molar-refractivity contribution in [1.29, 1.82) is 0 Å². The van der Waals surface area contributed by atoms with Crippen molar-refractivity contribution in [3.8, 4) is 0 Å². The van der Waals surface area contributed by atoms with Gasteiger partial charge < -0.3 is 10.4 Å². The summed E-state index contributed by atoms with van der Waals surface area (Å²) in [5.74, 6) is -0.254. The number of hydrogen-bond donors (Lipinski definition) is 2. The van der Waals surface area contributed by atoms with E-state index >= 15 is 0 Å². The van der Waals surface area contributed by atoms with Crippen molar-refractivity contribution in [2.45, 2.75) is 25.9 Å². The fraction of sp³-hybridized carbons (Fsp3) is 0.385. The van der Waals surface area contributed by atoms with E-state index in [2.05, 4.69) is 27.8 Å². The molecule has 2 rings (SSSR count). The number of amides is 1. The van der Waals surface area contributed by atoms with Crippen LogP contribution in [0.1, 0.15) is 24.1 Å². The summed E-state index contributed by atoms with van der Waals surface area (Å²) >= 11 is 0. The molecule has 0 fully saturated rings. The van der Waals surface area contributed by atoms with Crippen LogP contribution in [0, 0.1) is 0 Å². The highest BCUT2D eigenvalue weighted by atomic mass is 16.3. The van der Waals surface area contributed by atoms with Crippen molar-refractivity contribution in [3.05, 3.63) is 41.7 Å². The van der Waals surface area contributed by atoms with E-state index < -0.39 is 6.04 Å². The van der Waals surface area contributed by atoms with Crippen molar-refractivity contribution in [1.82, 2.24) is 25.5 Å². The van der Waals surface area contributed by atoms with Crippen molar-refractivity contribution < 1.29 is 9.90 Å². The van der Waals surface area contributed by atoms with Gasteiger partial charge in [0.25, 0.3) is 0 Å². The molecular formula is C13H17N5O2. The number of aryl methyl sites for hydroxylation is 1. The number of aromatic nitrogens is 4. The van der Waals surface area contributed by atoms with Gasteiger partial charge in [-0.15, -0.1) is 5.10 Å². The predicted molar refractivity (Wildman–Crippen MR) is 71.6 cm³/mol. The molecule has 0 aliphatic carbocycles. The van der Waals surface area contributed by atoms with E-state index in [4.69, 9.17) is 0 Å². The van der Waals surface area contributed by atoms with Gasteiger partial charge in [0.15, 0.2) is 0 Å². The third-order valence-corrected chi connectivity index (χ3v) is 3.01. The van der Waals surface area contributed by atoms with E-state index in [0.717, 1.165) is 12.0 Å². The SMILES string of the molecule is CCc1ccc(C(CO)NC(=O)Cn2cnnn2)cc1. The lowest BCUT2D eigenvalue weighted by Gasteiger charge is -2.17. The summed E-state index contributed by atoms with van der Waals surface area (Å²) in [4.78, 5) is 11.8. The Morgan fingerprint density at radius 2 is 2.15 bits per heavy atom. The van der Waals surface area contributed by atoms with Crippen molar-refractivity contribution >= 4 is 5.91 Å². The van der Waals surface area contributed by atoms with Crippen LogP contribution in [-0.2, 0) is 17.8 Å². The first-order chi connectivity index (χ1) is 9.72. The Morgan fingerprint density at radius 3 is 2.70 bits per heavy atom. The number of hydrogen-bond acceptors (Lipinski definition) is 5. The lowest BCUT2D eigenvalue weighted by molar-refractivity contribution is -0.123. The zero-order valence-corrected chi connectivity index (χ0v) is 11.2. The molecular weight excluding hydrogens is 258 g/mol. The number of aliphatic hydroxyl groups is 1. The van der Waals surface area contributed by atoms with Crippen LogP contribution in [0.3, 0.4) is 0 Å². The van der Waals surface area contributed by atoms with Gasteiger partial charge in [-0.05, 0) is 28.0 Å². The Balaban J connectivity index is 1.98. The fourth-order valence-corrected chi connectivity index (χ4v) is 1.86. The summed E-state index contributed by atoms with van der Waals surface area (Å²) in [5, 5.41) is 22.7. The Kier molecular flexibility index (Phi) is 4.78. The van der Waals surface area contributed by atoms with E-state index in [1.54, 1.807) is 0 Å². The Hall–Kier alpha value is -2.28. The highest BCUT2D eigenvalue weighted by Gasteiger charge is 2.14. The van der Waals surface area contributed by atoms with Crippen LogP contribution >= 0.6 is 0 Å². The highest BCUT2D eigenvalue weighted by Crippen LogP contribution is 2.14. The molecule has 7 nitrogen and oxygen atoms in total. The minimum atomic E-state index is -0.426. The maximum atomic E-state index is 11.8. The summed E-state index contributed by atoms with van der Waals surface area (Å²) < 4.78 is 1.32. The molecule has 106 valence electrons. The van der Waals surface area contributed by atoms with Gasteiger partial charge in [0.1, 0.15) is 12.9 Å². The van der Waals surface area contributed by atoms with Gasteiger partial charge in [-0.3, -0.25) is 4.79 Å². The van der Waals surface area contributed by atoms with Gasteiger partial charge in [-0.2, -0.15) is 0 Å². The van der Waals surface area contributed by atoms with Gasteiger partial charge in [0, 0.05) is 0 Å². The molecule has 1 atom stereocenters. The van der Waals surface area contributed by atoms with Crippen molar-refractivity contribution in [2.75, 3.05) is 6.61 Å². The normalized spacial score (nSPS) is 12.1. The molecule has 1 unspecified atom stereocenters. The molecule has 2 aromatic rings. The van der Waals surface area contributed by atoms with Crippen LogP contribution < -0.4 is 5.32 Å². The van der Waals surface area contributed by atoms with E-state index in [0.29, 0.717) is 0 Å². The van der Waals surface area contributed by atoms with E-state index in [1.807, 2.05) is 24.3 Å². The highest BCUT2D eigenvalue weighted by molar-refractivity contribution is 5.76. The number of nitrogens with one attached hydrogen (secondary N) is 1. The molecule has 7 heteroatoms. The molecule has 0 saturated heterocycles. The van der Waals surface area contributed by atoms with E-state index in [-0.39, 0.29) is 19.1 Å². The summed E-state index contributed by atoms with van der Waals surface area (Å²) in [6.45, 7) is 1.94. The lowest BCUT2D eigenvalue weighted by atomic mass is 10.0. The average molecular weight is 275 g/mol. The third-order valence-electron chi connectivity index (χ3n) is 3.01. The zero-order chi connectivity index (χ0) is 14.4. The molecule has 1 heterocycles. The molecule has 20 heavy (non-hydrogen) atoms. The summed E-state index contributed by atoms with van der Waals surface area (Å²) in [6, 6.07) is 7.38. The lowest BCUT2D eigenvalue weighted by Crippen LogP contribution is -2.33. The summed E-state index contributed by atoms with van der Waals surface area (Å²) in [5.41, 5.74) is 2.08. The molecule has 0 aliphatic heterocycles. The number of tetrazole rings is 1. The summed E-state index contributed by atoms with van der Waals surface area (Å²) in [6.07, 6.45) is 2.32. The van der Waals surface area contributed by atoms with Gasteiger partial charge >= 0.3 is 0 Å². The second-order valence-electron chi connectivity index (χ2n) is 4.41. The number of nitrogens with zero attached hydrogens (tertiary/aromatic N) is 4. The molecule has 0 radical (unpaired) electrons. The first-order valence-electron chi connectivity index (χ1n) is 6.42. The average Bonchev–Trinajstić information content (AvgIpc) is 2.97. The van der Waals surface area contributed by atoms with Crippen LogP contribution in [0.15, 0.2) is 30.6 Å². The number of rotatable bonds is 6. The Bertz CT molecular complexity index is 538. The van der Waals surface area contributed by atoms with Crippen LogP contribution in [0.4, 0.5) is 0 Å². The second-order valence-corrected chi connectivity index (χ2v) is 4.41. The van der Waals surface area contributed by atoms with Crippen LogP contribution in [0.25, 0.3) is 0 Å². The van der Waals surface area contributed by atoms with Gasteiger partial charge in [0.05, 0.1) is 12.6 Å². The predicted octanol–water partition coefficient (Wildman–Crippen LogP) is 0.0853. The standard InChI is InChI=1S/C13H17N5O2/c1-2-10-3-5-11(6-4-10)12(8-19)15-13(20)7-18-9-14-16-17-18/h3-6,9,12,19H,2,7-8H2,1H3,(H,15,20). The number of benzene rings is 1. The maximum absolute atomic E-state index is 11.8. The van der Waals surface area contributed by atoms with Gasteiger partial charge in [-0.1, -0.05) is 31.2 Å². The Morgan fingerprint density at radius 1 is 1.40 bits per heavy atom. The molecule has 2 N–H and O–H groups in total. The topological polar surface area (TPSA) is 92.9 Å². The fourth-order valence-electron chi connectivity index (χ4n) is 1.86. The summed E-state index contributed by atoms with van der Waals surface area (Å²) in [7, 11) is 0. The zero-order valence-electron chi connectivity index (χ0n) is 11.2. The van der Waals surface area contributed by atoms with Gasteiger partial charge in [0.2, 0.25) is 5.91 Å². The minimum Gasteiger partial charge on any atom is -0.394 e. The molecule has 1 aromatic carbocycles. The van der Waals surface area contributed by atoms with E-state index in [9.17, 15) is 9.90 Å². The largest absolute Gasteiger partial charge is 0.394 e. The molecule has 0 spiro atoms. The minimum absolute atomic E-state index is 0.0243. The van der Waals surface area contributed by atoms with Crippen molar-refractivity contribution in [3.63, 3.8) is 0 Å². The first kappa shape index (κ1) is 14.1. The van der Waals surface area contributed by atoms with E-state index in [1.165, 1.54) is 16.6 Å². The van der Waals surface area contributed by atoms with Crippen LogP contribution in [-0.4, -0.2) is 37.8 Å².